The highest BCUT2D eigenvalue weighted by Gasteiger charge is 2.15. The molecule has 0 saturated heterocycles. The molecule has 0 fully saturated rings. The summed E-state index contributed by atoms with van der Waals surface area (Å²) in [5, 5.41) is 0.489. The van der Waals surface area contributed by atoms with E-state index in [0.29, 0.717) is 10.6 Å². The van der Waals surface area contributed by atoms with Crippen molar-refractivity contribution in [2.75, 3.05) is 0 Å². The van der Waals surface area contributed by atoms with Crippen LogP contribution < -0.4 is 4.72 Å². The molecule has 8 heteroatoms. The van der Waals surface area contributed by atoms with E-state index < -0.39 is 10.0 Å². The Morgan fingerprint density at radius 2 is 1.74 bits per heavy atom. The lowest BCUT2D eigenvalue weighted by molar-refractivity contribution is 0.580. The number of nitrogens with one attached hydrogen (secondary N) is 1. The van der Waals surface area contributed by atoms with Crippen molar-refractivity contribution in [1.29, 1.82) is 0 Å². The van der Waals surface area contributed by atoms with Gasteiger partial charge in [-0.25, -0.2) is 23.1 Å². The van der Waals surface area contributed by atoms with Gasteiger partial charge in [0.25, 0.3) is 0 Å². The predicted octanol–water partition coefficient (Wildman–Crippen LogP) is 2.26. The SMILES string of the molecule is O=S(=O)(NCc1ccccc1Cl)c1cnc(Cl)nc1. The Balaban J connectivity index is 2.14. The highest BCUT2D eigenvalue weighted by atomic mass is 35.5. The van der Waals surface area contributed by atoms with Crippen LogP contribution in [-0.2, 0) is 16.6 Å². The minimum atomic E-state index is -3.68. The second-order valence-corrected chi connectivity index (χ2v) is 6.12. The van der Waals surface area contributed by atoms with E-state index >= 15 is 0 Å². The molecule has 1 N–H and O–H groups in total. The summed E-state index contributed by atoms with van der Waals surface area (Å²) in [7, 11) is -3.68. The van der Waals surface area contributed by atoms with Gasteiger partial charge in [0.2, 0.25) is 15.3 Å². The van der Waals surface area contributed by atoms with Crippen molar-refractivity contribution in [3.05, 3.63) is 52.5 Å². The number of hydrogen-bond donors (Lipinski definition) is 1. The fourth-order valence-corrected chi connectivity index (χ4v) is 2.53. The Kier molecular flexibility index (Phi) is 4.36. The van der Waals surface area contributed by atoms with E-state index in [4.69, 9.17) is 23.2 Å². The first-order valence-corrected chi connectivity index (χ1v) is 7.43. The van der Waals surface area contributed by atoms with Crippen LogP contribution >= 0.6 is 23.2 Å². The summed E-state index contributed by atoms with van der Waals surface area (Å²) >= 11 is 11.4. The molecule has 1 aromatic heterocycles. The molecular formula is C11H9Cl2N3O2S. The van der Waals surface area contributed by atoms with Gasteiger partial charge in [-0.15, -0.1) is 0 Å². The Labute approximate surface area is 120 Å². The number of benzene rings is 1. The third-order valence-corrected chi connectivity index (χ3v) is 4.24. The van der Waals surface area contributed by atoms with Gasteiger partial charge in [-0.05, 0) is 23.2 Å². The van der Waals surface area contributed by atoms with E-state index in [-0.39, 0.29) is 16.7 Å². The van der Waals surface area contributed by atoms with Gasteiger partial charge in [-0.3, -0.25) is 0 Å². The average molecular weight is 318 g/mol. The summed E-state index contributed by atoms with van der Waals surface area (Å²) in [6.45, 7) is 0.0879. The fraction of sp³-hybridized carbons (Fsp3) is 0.0909. The maximum Gasteiger partial charge on any atom is 0.243 e. The standard InChI is InChI=1S/C11H9Cl2N3O2S/c12-10-4-2-1-3-8(10)5-16-19(17,18)9-6-14-11(13)15-7-9/h1-4,6-7,16H,5H2. The van der Waals surface area contributed by atoms with Gasteiger partial charge in [0.05, 0.1) is 12.4 Å². The molecule has 0 spiro atoms. The molecule has 0 amide bonds. The van der Waals surface area contributed by atoms with Crippen LogP contribution in [0.5, 0.6) is 0 Å². The molecule has 0 saturated carbocycles. The van der Waals surface area contributed by atoms with Gasteiger partial charge in [0.15, 0.2) is 0 Å². The van der Waals surface area contributed by atoms with Crippen LogP contribution in [0.1, 0.15) is 5.56 Å². The first kappa shape index (κ1) is 14.2. The summed E-state index contributed by atoms with van der Waals surface area (Å²) in [5.74, 6) is 0. The minimum absolute atomic E-state index is 0.00921. The molecule has 0 aliphatic carbocycles. The molecule has 0 radical (unpaired) electrons. The summed E-state index contributed by atoms with van der Waals surface area (Å²) in [5.41, 5.74) is 0.683. The first-order valence-electron chi connectivity index (χ1n) is 5.19. The van der Waals surface area contributed by atoms with E-state index in [9.17, 15) is 8.42 Å². The maximum atomic E-state index is 12.0. The van der Waals surface area contributed by atoms with E-state index in [1.54, 1.807) is 24.3 Å². The van der Waals surface area contributed by atoms with Crippen LogP contribution in [0, 0.1) is 0 Å². The molecule has 2 rings (SSSR count). The third-order valence-electron chi connectivity index (χ3n) is 2.32. The van der Waals surface area contributed by atoms with Gasteiger partial charge in [0, 0.05) is 11.6 Å². The van der Waals surface area contributed by atoms with Gasteiger partial charge in [-0.2, -0.15) is 0 Å². The van der Waals surface area contributed by atoms with E-state index in [1.807, 2.05) is 0 Å². The molecule has 5 nitrogen and oxygen atoms in total. The largest absolute Gasteiger partial charge is 0.243 e. The molecule has 19 heavy (non-hydrogen) atoms. The average Bonchev–Trinajstić information content (AvgIpc) is 2.38. The number of nitrogens with zero attached hydrogens (tertiary/aromatic N) is 2. The number of halogens is 2. The molecule has 0 atom stereocenters. The van der Waals surface area contributed by atoms with Crippen molar-refractivity contribution in [1.82, 2.24) is 14.7 Å². The predicted molar refractivity (Wildman–Crippen MR) is 72.5 cm³/mol. The number of rotatable bonds is 4. The molecule has 0 aliphatic rings. The third kappa shape index (κ3) is 3.63. The lowest BCUT2D eigenvalue weighted by Gasteiger charge is -2.07. The van der Waals surface area contributed by atoms with E-state index in [1.165, 1.54) is 0 Å². The van der Waals surface area contributed by atoms with Crippen molar-refractivity contribution in [3.8, 4) is 0 Å². The summed E-state index contributed by atoms with van der Waals surface area (Å²) < 4.78 is 26.3. The normalized spacial score (nSPS) is 11.5. The van der Waals surface area contributed by atoms with Gasteiger partial charge >= 0.3 is 0 Å². The topological polar surface area (TPSA) is 72.0 Å². The summed E-state index contributed by atoms with van der Waals surface area (Å²) in [4.78, 5) is 7.20. The lowest BCUT2D eigenvalue weighted by Crippen LogP contribution is -2.23. The Hall–Kier alpha value is -1.21. The van der Waals surface area contributed by atoms with E-state index in [0.717, 1.165) is 12.4 Å². The van der Waals surface area contributed by atoms with Crippen molar-refractivity contribution < 1.29 is 8.42 Å². The van der Waals surface area contributed by atoms with Crippen molar-refractivity contribution in [2.45, 2.75) is 11.4 Å². The molecular weight excluding hydrogens is 309 g/mol. The summed E-state index contributed by atoms with van der Waals surface area (Å²) in [6, 6.07) is 6.98. The molecule has 0 bridgehead atoms. The van der Waals surface area contributed by atoms with Gasteiger partial charge in [-0.1, -0.05) is 29.8 Å². The Morgan fingerprint density at radius 3 is 2.37 bits per heavy atom. The maximum absolute atomic E-state index is 12.0. The second kappa shape index (κ2) is 5.83. The van der Waals surface area contributed by atoms with Gasteiger partial charge < -0.3 is 0 Å². The first-order chi connectivity index (χ1) is 8.99. The minimum Gasteiger partial charge on any atom is -0.225 e. The van der Waals surface area contributed by atoms with Crippen LogP contribution in [0.15, 0.2) is 41.6 Å². The second-order valence-electron chi connectivity index (χ2n) is 3.60. The zero-order valence-electron chi connectivity index (χ0n) is 9.55. The van der Waals surface area contributed by atoms with Crippen LogP contribution in [-0.4, -0.2) is 18.4 Å². The van der Waals surface area contributed by atoms with Gasteiger partial charge in [0.1, 0.15) is 4.90 Å². The monoisotopic (exact) mass is 317 g/mol. The van der Waals surface area contributed by atoms with Crippen LogP contribution in [0.2, 0.25) is 10.3 Å². The molecule has 1 aromatic carbocycles. The number of sulfonamides is 1. The molecule has 1 heterocycles. The molecule has 100 valence electrons. The zero-order chi connectivity index (χ0) is 13.9. The zero-order valence-corrected chi connectivity index (χ0v) is 11.9. The highest BCUT2D eigenvalue weighted by Crippen LogP contribution is 2.15. The Morgan fingerprint density at radius 1 is 1.11 bits per heavy atom. The quantitative estimate of drug-likeness (QED) is 0.878. The molecule has 2 aromatic rings. The lowest BCUT2D eigenvalue weighted by atomic mass is 10.2. The number of aromatic nitrogens is 2. The smallest absolute Gasteiger partial charge is 0.225 e. The van der Waals surface area contributed by atoms with E-state index in [2.05, 4.69) is 14.7 Å². The highest BCUT2D eigenvalue weighted by molar-refractivity contribution is 7.89. The summed E-state index contributed by atoms with van der Waals surface area (Å²) in [6.07, 6.45) is 2.29. The molecule has 0 unspecified atom stereocenters. The van der Waals surface area contributed by atoms with Crippen molar-refractivity contribution >= 4 is 33.2 Å². The fourth-order valence-electron chi connectivity index (χ4n) is 1.34. The van der Waals surface area contributed by atoms with Crippen molar-refractivity contribution in [2.24, 2.45) is 0 Å². The Bertz CT molecular complexity index is 675. The molecule has 0 aliphatic heterocycles. The van der Waals surface area contributed by atoms with Crippen molar-refractivity contribution in [3.63, 3.8) is 0 Å². The van der Waals surface area contributed by atoms with Crippen LogP contribution in [0.4, 0.5) is 0 Å². The van der Waals surface area contributed by atoms with Crippen LogP contribution in [0.3, 0.4) is 0 Å². The number of hydrogen-bond acceptors (Lipinski definition) is 4. The van der Waals surface area contributed by atoms with Crippen LogP contribution in [0.25, 0.3) is 0 Å².